The van der Waals surface area contributed by atoms with Crippen LogP contribution in [0.25, 0.3) is 11.5 Å². The second kappa shape index (κ2) is 8.19. The van der Waals surface area contributed by atoms with Crippen molar-refractivity contribution in [2.24, 2.45) is 0 Å². The van der Waals surface area contributed by atoms with Crippen molar-refractivity contribution in [2.45, 2.75) is 43.6 Å². The van der Waals surface area contributed by atoms with Crippen molar-refractivity contribution < 1.29 is 13.9 Å². The SMILES string of the molecule is CCOc1ccccc1-c1nnc(SC(C)C(=O)c2ccc3c(c2)CCC3)o1. The van der Waals surface area contributed by atoms with E-state index in [1.165, 1.54) is 29.3 Å². The summed E-state index contributed by atoms with van der Waals surface area (Å²) in [6.07, 6.45) is 3.34. The average Bonchev–Trinajstić information content (AvgIpc) is 3.36. The number of Topliss-reactive ketones (excluding diaryl/α,β-unsaturated/α-hetero) is 1. The topological polar surface area (TPSA) is 65.2 Å². The van der Waals surface area contributed by atoms with Crippen LogP contribution >= 0.6 is 11.8 Å². The number of para-hydroxylation sites is 1. The molecule has 0 bridgehead atoms. The molecule has 0 spiro atoms. The third-order valence-electron chi connectivity index (χ3n) is 4.85. The minimum atomic E-state index is -0.310. The van der Waals surface area contributed by atoms with Gasteiger partial charge in [-0.15, -0.1) is 10.2 Å². The van der Waals surface area contributed by atoms with E-state index in [4.69, 9.17) is 9.15 Å². The Hall–Kier alpha value is -2.60. The number of hydrogen-bond acceptors (Lipinski definition) is 6. The van der Waals surface area contributed by atoms with Crippen LogP contribution in [-0.4, -0.2) is 27.8 Å². The number of hydrogen-bond donors (Lipinski definition) is 0. The van der Waals surface area contributed by atoms with E-state index in [0.717, 1.165) is 24.0 Å². The lowest BCUT2D eigenvalue weighted by atomic mass is 10.0. The van der Waals surface area contributed by atoms with E-state index in [1.54, 1.807) is 0 Å². The number of rotatable bonds is 7. The van der Waals surface area contributed by atoms with Gasteiger partial charge in [-0.25, -0.2) is 0 Å². The van der Waals surface area contributed by atoms with Crippen molar-refractivity contribution in [2.75, 3.05) is 6.61 Å². The molecule has 1 atom stereocenters. The molecule has 0 aliphatic heterocycles. The minimum Gasteiger partial charge on any atom is -0.493 e. The highest BCUT2D eigenvalue weighted by molar-refractivity contribution is 8.00. The summed E-state index contributed by atoms with van der Waals surface area (Å²) in [6, 6.07) is 13.6. The molecule has 1 aromatic heterocycles. The van der Waals surface area contributed by atoms with Crippen molar-refractivity contribution in [3.63, 3.8) is 0 Å². The zero-order valence-corrected chi connectivity index (χ0v) is 16.8. The van der Waals surface area contributed by atoms with Gasteiger partial charge in [0.2, 0.25) is 0 Å². The number of ketones is 1. The summed E-state index contributed by atoms with van der Waals surface area (Å²) in [7, 11) is 0. The Balaban J connectivity index is 1.48. The van der Waals surface area contributed by atoms with E-state index in [9.17, 15) is 4.79 Å². The zero-order chi connectivity index (χ0) is 19.5. The van der Waals surface area contributed by atoms with Crippen molar-refractivity contribution in [3.8, 4) is 17.2 Å². The van der Waals surface area contributed by atoms with Gasteiger partial charge in [0, 0.05) is 5.56 Å². The Morgan fingerprint density at radius 3 is 2.86 bits per heavy atom. The molecule has 6 heteroatoms. The van der Waals surface area contributed by atoms with Crippen LogP contribution < -0.4 is 4.74 Å². The Morgan fingerprint density at radius 1 is 1.18 bits per heavy atom. The molecular formula is C22H22N2O3S. The highest BCUT2D eigenvalue weighted by atomic mass is 32.2. The molecule has 0 saturated carbocycles. The molecule has 0 N–H and O–H groups in total. The number of carbonyl (C=O) groups is 1. The van der Waals surface area contributed by atoms with Crippen LogP contribution in [0, 0.1) is 0 Å². The van der Waals surface area contributed by atoms with Gasteiger partial charge < -0.3 is 9.15 Å². The van der Waals surface area contributed by atoms with Gasteiger partial charge in [0.15, 0.2) is 5.78 Å². The lowest BCUT2D eigenvalue weighted by Gasteiger charge is -2.09. The van der Waals surface area contributed by atoms with Crippen molar-refractivity contribution in [3.05, 3.63) is 59.2 Å². The fraction of sp³-hybridized carbons (Fsp3) is 0.318. The Morgan fingerprint density at radius 2 is 2.00 bits per heavy atom. The first-order valence-electron chi connectivity index (χ1n) is 9.54. The Bertz CT molecular complexity index is 999. The number of aryl methyl sites for hydroxylation is 2. The van der Waals surface area contributed by atoms with E-state index in [0.29, 0.717) is 23.5 Å². The van der Waals surface area contributed by atoms with E-state index >= 15 is 0 Å². The number of aromatic nitrogens is 2. The minimum absolute atomic E-state index is 0.0779. The summed E-state index contributed by atoms with van der Waals surface area (Å²) in [5, 5.41) is 8.31. The van der Waals surface area contributed by atoms with E-state index in [1.807, 2.05) is 50.2 Å². The average molecular weight is 394 g/mol. The summed E-state index contributed by atoms with van der Waals surface area (Å²) in [6.45, 7) is 4.36. The molecule has 2 aromatic carbocycles. The zero-order valence-electron chi connectivity index (χ0n) is 16.0. The number of nitrogens with zero attached hydrogens (tertiary/aromatic N) is 2. The lowest BCUT2D eigenvalue weighted by molar-refractivity contribution is 0.0993. The smallest absolute Gasteiger partial charge is 0.277 e. The molecule has 1 unspecified atom stereocenters. The van der Waals surface area contributed by atoms with Crippen LogP contribution in [0.4, 0.5) is 0 Å². The molecule has 1 aliphatic rings. The van der Waals surface area contributed by atoms with Gasteiger partial charge in [-0.3, -0.25) is 4.79 Å². The summed E-state index contributed by atoms with van der Waals surface area (Å²) in [5.41, 5.74) is 4.17. The normalized spacial score (nSPS) is 13.9. The molecule has 0 saturated heterocycles. The van der Waals surface area contributed by atoms with E-state index < -0.39 is 0 Å². The maximum atomic E-state index is 12.8. The third kappa shape index (κ3) is 3.83. The molecule has 0 fully saturated rings. The van der Waals surface area contributed by atoms with Crippen LogP contribution in [0.2, 0.25) is 0 Å². The number of carbonyl (C=O) groups excluding carboxylic acids is 1. The molecule has 144 valence electrons. The molecule has 0 radical (unpaired) electrons. The molecule has 1 heterocycles. The van der Waals surface area contributed by atoms with Crippen LogP contribution in [0.5, 0.6) is 5.75 Å². The fourth-order valence-electron chi connectivity index (χ4n) is 3.46. The van der Waals surface area contributed by atoms with Gasteiger partial charge >= 0.3 is 0 Å². The van der Waals surface area contributed by atoms with Gasteiger partial charge in [0.05, 0.1) is 17.4 Å². The summed E-state index contributed by atoms with van der Waals surface area (Å²) in [4.78, 5) is 12.8. The first-order valence-corrected chi connectivity index (χ1v) is 10.4. The molecule has 3 aromatic rings. The second-order valence-electron chi connectivity index (χ2n) is 6.76. The van der Waals surface area contributed by atoms with Gasteiger partial charge in [-0.1, -0.05) is 36.0 Å². The molecule has 5 nitrogen and oxygen atoms in total. The monoisotopic (exact) mass is 394 g/mol. The molecular weight excluding hydrogens is 372 g/mol. The summed E-state index contributed by atoms with van der Waals surface area (Å²) < 4.78 is 11.4. The highest BCUT2D eigenvalue weighted by Crippen LogP contribution is 2.32. The number of fused-ring (bicyclic) bond motifs is 1. The molecule has 1 aliphatic carbocycles. The van der Waals surface area contributed by atoms with Gasteiger partial charge in [0.25, 0.3) is 11.1 Å². The van der Waals surface area contributed by atoms with Gasteiger partial charge in [-0.05, 0) is 62.4 Å². The largest absolute Gasteiger partial charge is 0.493 e. The predicted molar refractivity (Wildman–Crippen MR) is 109 cm³/mol. The number of thioether (sulfide) groups is 1. The van der Waals surface area contributed by atoms with Crippen LogP contribution in [0.3, 0.4) is 0 Å². The van der Waals surface area contributed by atoms with Gasteiger partial charge in [0.1, 0.15) is 5.75 Å². The highest BCUT2D eigenvalue weighted by Gasteiger charge is 2.22. The quantitative estimate of drug-likeness (QED) is 0.416. The maximum absolute atomic E-state index is 12.8. The summed E-state index contributed by atoms with van der Waals surface area (Å²) >= 11 is 1.28. The van der Waals surface area contributed by atoms with Crippen molar-refractivity contribution >= 4 is 17.5 Å². The predicted octanol–water partition coefficient (Wildman–Crippen LogP) is 4.99. The van der Waals surface area contributed by atoms with Gasteiger partial charge in [-0.2, -0.15) is 0 Å². The van der Waals surface area contributed by atoms with E-state index in [-0.39, 0.29) is 11.0 Å². The number of ether oxygens (including phenoxy) is 1. The Labute approximate surface area is 168 Å². The van der Waals surface area contributed by atoms with E-state index in [2.05, 4.69) is 16.3 Å². The van der Waals surface area contributed by atoms with Crippen molar-refractivity contribution in [1.29, 1.82) is 0 Å². The molecule has 28 heavy (non-hydrogen) atoms. The first kappa shape index (κ1) is 18.7. The lowest BCUT2D eigenvalue weighted by Crippen LogP contribution is -2.13. The van der Waals surface area contributed by atoms with Crippen LogP contribution in [-0.2, 0) is 12.8 Å². The van der Waals surface area contributed by atoms with Crippen molar-refractivity contribution in [1.82, 2.24) is 10.2 Å². The van der Waals surface area contributed by atoms with Crippen LogP contribution in [0.15, 0.2) is 52.1 Å². The maximum Gasteiger partial charge on any atom is 0.277 e. The first-order chi connectivity index (χ1) is 13.7. The third-order valence-corrected chi connectivity index (χ3v) is 5.79. The molecule has 4 rings (SSSR count). The summed E-state index contributed by atoms with van der Waals surface area (Å²) in [5.74, 6) is 1.17. The second-order valence-corrected chi connectivity index (χ2v) is 8.06. The fourth-order valence-corrected chi connectivity index (χ4v) is 4.22. The van der Waals surface area contributed by atoms with Crippen LogP contribution in [0.1, 0.15) is 41.8 Å². The Kier molecular flexibility index (Phi) is 5.48. The number of benzene rings is 2. The standard InChI is InChI=1S/C22H22N2O3S/c1-3-26-19-10-5-4-9-18(19)21-23-24-22(27-21)28-14(2)20(25)17-12-11-15-7-6-8-16(15)13-17/h4-5,9-14H,3,6-8H2,1-2H3. The molecule has 0 amide bonds.